The van der Waals surface area contributed by atoms with Crippen molar-refractivity contribution in [3.05, 3.63) is 35.4 Å². The van der Waals surface area contributed by atoms with Crippen molar-refractivity contribution in [3.8, 4) is 0 Å². The van der Waals surface area contributed by atoms with Gasteiger partial charge in [-0.3, -0.25) is 0 Å². The first-order chi connectivity index (χ1) is 9.43. The average Bonchev–Trinajstić information content (AvgIpc) is 2.73. The molecule has 1 aliphatic rings. The van der Waals surface area contributed by atoms with E-state index in [0.717, 1.165) is 0 Å². The molecule has 0 amide bonds. The highest BCUT2D eigenvalue weighted by molar-refractivity contribution is 7.91. The number of hydrogen-bond donors (Lipinski definition) is 1. The van der Waals surface area contributed by atoms with Crippen molar-refractivity contribution in [2.75, 3.05) is 25.1 Å². The van der Waals surface area contributed by atoms with Crippen LogP contribution in [0.4, 0.5) is 8.78 Å². The second-order valence-electron chi connectivity index (χ2n) is 5.39. The van der Waals surface area contributed by atoms with E-state index >= 15 is 0 Å². The Morgan fingerprint density at radius 2 is 2.00 bits per heavy atom. The van der Waals surface area contributed by atoms with Gasteiger partial charge in [-0.2, -0.15) is 0 Å². The average molecular weight is 303 g/mol. The van der Waals surface area contributed by atoms with Gasteiger partial charge in [-0.05, 0) is 50.4 Å². The molecular weight excluding hydrogens is 284 g/mol. The van der Waals surface area contributed by atoms with Crippen molar-refractivity contribution in [1.29, 1.82) is 0 Å². The van der Waals surface area contributed by atoms with Gasteiger partial charge in [0.15, 0.2) is 9.84 Å². The highest BCUT2D eigenvalue weighted by Crippen LogP contribution is 2.29. The van der Waals surface area contributed by atoms with E-state index in [1.165, 1.54) is 18.2 Å². The predicted octanol–water partition coefficient (Wildman–Crippen LogP) is 1.78. The Bertz CT molecular complexity index is 554. The van der Waals surface area contributed by atoms with Crippen LogP contribution < -0.4 is 5.32 Å². The Morgan fingerprint density at radius 3 is 2.50 bits per heavy atom. The molecule has 0 aliphatic carbocycles. The Hall–Kier alpha value is -1.01. The second kappa shape index (κ2) is 6.18. The third-order valence-electron chi connectivity index (χ3n) is 3.93. The molecule has 1 aromatic rings. The lowest BCUT2D eigenvalue weighted by Crippen LogP contribution is -2.29. The summed E-state index contributed by atoms with van der Waals surface area (Å²) >= 11 is 0. The van der Waals surface area contributed by atoms with Crippen LogP contribution in [0.3, 0.4) is 0 Å². The fourth-order valence-corrected chi connectivity index (χ4v) is 4.77. The smallest absolute Gasteiger partial charge is 0.150 e. The van der Waals surface area contributed by atoms with E-state index in [2.05, 4.69) is 5.32 Å². The minimum atomic E-state index is -2.99. The van der Waals surface area contributed by atoms with E-state index in [0.29, 0.717) is 13.0 Å². The van der Waals surface area contributed by atoms with Crippen molar-refractivity contribution in [2.45, 2.75) is 12.8 Å². The number of nitrogens with one attached hydrogen (secondary N) is 1. The van der Waals surface area contributed by atoms with Gasteiger partial charge in [-0.15, -0.1) is 0 Å². The fraction of sp³-hybridized carbons (Fsp3) is 0.571. The monoisotopic (exact) mass is 303 g/mol. The first-order valence-corrected chi connectivity index (χ1v) is 8.53. The first kappa shape index (κ1) is 15.4. The quantitative estimate of drug-likeness (QED) is 0.902. The van der Waals surface area contributed by atoms with Gasteiger partial charge >= 0.3 is 0 Å². The second-order valence-corrected chi connectivity index (χ2v) is 7.61. The van der Waals surface area contributed by atoms with E-state index in [-0.39, 0.29) is 35.3 Å². The van der Waals surface area contributed by atoms with Gasteiger partial charge in [0.25, 0.3) is 0 Å². The number of hydrogen-bond acceptors (Lipinski definition) is 3. The van der Waals surface area contributed by atoms with Gasteiger partial charge in [-0.1, -0.05) is 6.07 Å². The van der Waals surface area contributed by atoms with Crippen LogP contribution in [0, 0.1) is 23.5 Å². The minimum absolute atomic E-state index is 0.0357. The number of benzene rings is 1. The number of halogens is 2. The number of sulfone groups is 1. The Kier molecular flexibility index (Phi) is 4.75. The van der Waals surface area contributed by atoms with Crippen LogP contribution in [0.15, 0.2) is 18.2 Å². The molecular formula is C14H19F2NO2S. The molecule has 112 valence electrons. The maximum absolute atomic E-state index is 13.7. The van der Waals surface area contributed by atoms with Gasteiger partial charge in [0.2, 0.25) is 0 Å². The van der Waals surface area contributed by atoms with Crippen molar-refractivity contribution in [2.24, 2.45) is 11.8 Å². The van der Waals surface area contributed by atoms with Crippen LogP contribution in [0.2, 0.25) is 0 Å². The Labute approximate surface area is 118 Å². The van der Waals surface area contributed by atoms with Crippen LogP contribution >= 0.6 is 0 Å². The topological polar surface area (TPSA) is 46.2 Å². The third-order valence-corrected chi connectivity index (χ3v) is 5.72. The summed E-state index contributed by atoms with van der Waals surface area (Å²) < 4.78 is 50.6. The summed E-state index contributed by atoms with van der Waals surface area (Å²) in [5.41, 5.74) is 0.0528. The lowest BCUT2D eigenvalue weighted by Gasteiger charge is -2.22. The maximum Gasteiger partial charge on any atom is 0.150 e. The normalized spacial score (nSPS) is 22.9. The molecule has 1 aliphatic heterocycles. The zero-order valence-electron chi connectivity index (χ0n) is 11.4. The molecule has 0 bridgehead atoms. The molecule has 20 heavy (non-hydrogen) atoms. The summed E-state index contributed by atoms with van der Waals surface area (Å²) in [6.07, 6.45) is 0.796. The summed E-state index contributed by atoms with van der Waals surface area (Å²) in [7, 11) is -1.23. The highest BCUT2D eigenvalue weighted by Gasteiger charge is 2.34. The molecule has 6 heteroatoms. The van der Waals surface area contributed by atoms with E-state index in [9.17, 15) is 17.2 Å². The lowest BCUT2D eigenvalue weighted by atomic mass is 9.86. The summed E-state index contributed by atoms with van der Waals surface area (Å²) in [4.78, 5) is 0. The fourth-order valence-electron chi connectivity index (χ4n) is 2.85. The zero-order chi connectivity index (χ0) is 14.8. The van der Waals surface area contributed by atoms with E-state index in [4.69, 9.17) is 0 Å². The predicted molar refractivity (Wildman–Crippen MR) is 74.2 cm³/mol. The van der Waals surface area contributed by atoms with Crippen LogP contribution in [0.5, 0.6) is 0 Å². The van der Waals surface area contributed by atoms with Gasteiger partial charge in [-0.25, -0.2) is 17.2 Å². The van der Waals surface area contributed by atoms with Crippen LogP contribution in [-0.4, -0.2) is 33.5 Å². The molecule has 1 fully saturated rings. The first-order valence-electron chi connectivity index (χ1n) is 6.71. The lowest BCUT2D eigenvalue weighted by molar-refractivity contribution is 0.343. The summed E-state index contributed by atoms with van der Waals surface area (Å²) in [5, 5.41) is 2.99. The summed E-state index contributed by atoms with van der Waals surface area (Å²) in [6.45, 7) is 0.550. The van der Waals surface area contributed by atoms with E-state index < -0.39 is 21.5 Å². The Morgan fingerprint density at radius 1 is 1.35 bits per heavy atom. The molecule has 1 aromatic carbocycles. The Balaban J connectivity index is 2.18. The van der Waals surface area contributed by atoms with Gasteiger partial charge < -0.3 is 5.32 Å². The van der Waals surface area contributed by atoms with Crippen LogP contribution in [-0.2, 0) is 16.3 Å². The van der Waals surface area contributed by atoms with E-state index in [1.807, 2.05) is 0 Å². The van der Waals surface area contributed by atoms with E-state index in [1.54, 1.807) is 7.05 Å². The van der Waals surface area contributed by atoms with Gasteiger partial charge in [0.1, 0.15) is 11.6 Å². The molecule has 1 N–H and O–H groups in total. The van der Waals surface area contributed by atoms with Crippen molar-refractivity contribution in [1.82, 2.24) is 5.32 Å². The van der Waals surface area contributed by atoms with Crippen LogP contribution in [0.1, 0.15) is 12.0 Å². The summed E-state index contributed by atoms with van der Waals surface area (Å²) in [5.74, 6) is -0.943. The minimum Gasteiger partial charge on any atom is -0.319 e. The molecule has 2 atom stereocenters. The highest BCUT2D eigenvalue weighted by atomic mass is 32.2. The largest absolute Gasteiger partial charge is 0.319 e. The SMILES string of the molecule is CNCC(Cc1c(F)cccc1F)C1CCS(=O)(=O)C1. The van der Waals surface area contributed by atoms with Crippen LogP contribution in [0.25, 0.3) is 0 Å². The van der Waals surface area contributed by atoms with Crippen molar-refractivity contribution < 1.29 is 17.2 Å². The molecule has 0 spiro atoms. The molecule has 2 rings (SSSR count). The third kappa shape index (κ3) is 3.55. The summed E-state index contributed by atoms with van der Waals surface area (Å²) in [6, 6.07) is 3.81. The molecule has 1 heterocycles. The van der Waals surface area contributed by atoms with Gasteiger partial charge in [0.05, 0.1) is 11.5 Å². The number of rotatable bonds is 5. The maximum atomic E-state index is 13.7. The molecule has 2 unspecified atom stereocenters. The standard InChI is InChI=1S/C14H19F2NO2S/c1-17-8-11(10-5-6-20(18,19)9-10)7-12-13(15)3-2-4-14(12)16/h2-4,10-11,17H,5-9H2,1H3. The molecule has 1 saturated heterocycles. The molecule has 0 saturated carbocycles. The molecule has 0 aromatic heterocycles. The van der Waals surface area contributed by atoms with Gasteiger partial charge in [0, 0.05) is 5.56 Å². The van der Waals surface area contributed by atoms with Crippen molar-refractivity contribution in [3.63, 3.8) is 0 Å². The van der Waals surface area contributed by atoms with Crippen molar-refractivity contribution >= 4 is 9.84 Å². The molecule has 0 radical (unpaired) electrons. The molecule has 3 nitrogen and oxygen atoms in total. The zero-order valence-corrected chi connectivity index (χ0v) is 12.2.